The second-order valence-electron chi connectivity index (χ2n) is 5.19. The van der Waals surface area contributed by atoms with E-state index in [9.17, 15) is 0 Å². The molecule has 0 saturated heterocycles. The van der Waals surface area contributed by atoms with Crippen LogP contribution in [-0.4, -0.2) is 43.7 Å². The zero-order valence-electron chi connectivity index (χ0n) is 13.4. The van der Waals surface area contributed by atoms with Gasteiger partial charge in [0.2, 0.25) is 0 Å². The van der Waals surface area contributed by atoms with Gasteiger partial charge in [-0.15, -0.1) is 0 Å². The predicted molar refractivity (Wildman–Crippen MR) is 89.3 cm³/mol. The molecule has 5 heteroatoms. The third-order valence-electron chi connectivity index (χ3n) is 3.11. The van der Waals surface area contributed by atoms with Crippen molar-refractivity contribution in [2.75, 3.05) is 39.6 Å². The Labute approximate surface area is 131 Å². The van der Waals surface area contributed by atoms with Crippen molar-refractivity contribution < 1.29 is 9.47 Å². The number of rotatable bonds is 7. The number of nitrogens with zero attached hydrogens (tertiary/aromatic N) is 2. The molecule has 0 saturated carbocycles. The van der Waals surface area contributed by atoms with E-state index in [0.29, 0.717) is 19.0 Å². The number of aromatic nitrogens is 1. The molecule has 0 unspecified atom stereocenters. The van der Waals surface area contributed by atoms with E-state index in [1.807, 2.05) is 51.4 Å². The molecule has 2 rings (SSSR count). The van der Waals surface area contributed by atoms with E-state index in [0.717, 1.165) is 29.3 Å². The van der Waals surface area contributed by atoms with Crippen molar-refractivity contribution in [3.8, 4) is 22.8 Å². The van der Waals surface area contributed by atoms with Crippen LogP contribution in [0, 0.1) is 0 Å². The Morgan fingerprint density at radius 2 is 1.91 bits per heavy atom. The van der Waals surface area contributed by atoms with Crippen LogP contribution in [-0.2, 0) is 0 Å². The van der Waals surface area contributed by atoms with Crippen molar-refractivity contribution in [3.05, 3.63) is 36.4 Å². The summed E-state index contributed by atoms with van der Waals surface area (Å²) >= 11 is 0. The zero-order valence-corrected chi connectivity index (χ0v) is 13.4. The molecular weight excluding hydrogens is 278 g/mol. The first-order valence-corrected chi connectivity index (χ1v) is 7.37. The second-order valence-corrected chi connectivity index (χ2v) is 5.19. The predicted octanol–water partition coefficient (Wildman–Crippen LogP) is 2.67. The summed E-state index contributed by atoms with van der Waals surface area (Å²) in [6.45, 7) is 4.00. The van der Waals surface area contributed by atoms with Crippen LogP contribution in [0.5, 0.6) is 11.5 Å². The first kappa shape index (κ1) is 16.1. The standard InChI is InChI=1S/C17H23N3O2/c1-4-21-16-12-13(14-6-5-7-17(18)19-14)8-9-15(16)22-11-10-20(2)3/h5-9,12H,4,10-11H2,1-3H3,(H2,18,19). The Hall–Kier alpha value is -2.27. The summed E-state index contributed by atoms with van der Waals surface area (Å²) in [5, 5.41) is 0. The van der Waals surface area contributed by atoms with Crippen molar-refractivity contribution in [1.29, 1.82) is 0 Å². The molecule has 1 heterocycles. The number of ether oxygens (including phenoxy) is 2. The van der Waals surface area contributed by atoms with Gasteiger partial charge in [-0.05, 0) is 51.4 Å². The Kier molecular flexibility index (Phi) is 5.61. The fraction of sp³-hybridized carbons (Fsp3) is 0.353. The maximum atomic E-state index is 5.80. The molecule has 0 aliphatic carbocycles. The highest BCUT2D eigenvalue weighted by Crippen LogP contribution is 2.32. The molecule has 0 aliphatic heterocycles. The van der Waals surface area contributed by atoms with Gasteiger partial charge in [0.15, 0.2) is 11.5 Å². The van der Waals surface area contributed by atoms with Gasteiger partial charge in [0.1, 0.15) is 12.4 Å². The third kappa shape index (κ3) is 4.36. The lowest BCUT2D eigenvalue weighted by atomic mass is 10.1. The number of likely N-dealkylation sites (N-methyl/N-ethyl adjacent to an activating group) is 1. The topological polar surface area (TPSA) is 60.6 Å². The first-order chi connectivity index (χ1) is 10.6. The third-order valence-corrected chi connectivity index (χ3v) is 3.11. The molecule has 1 aromatic heterocycles. The lowest BCUT2D eigenvalue weighted by molar-refractivity contribution is 0.244. The minimum atomic E-state index is 0.502. The Bertz CT molecular complexity index is 615. The van der Waals surface area contributed by atoms with Crippen LogP contribution in [0.1, 0.15) is 6.92 Å². The van der Waals surface area contributed by atoms with E-state index >= 15 is 0 Å². The van der Waals surface area contributed by atoms with E-state index in [1.54, 1.807) is 6.07 Å². The summed E-state index contributed by atoms with van der Waals surface area (Å²) < 4.78 is 11.5. The van der Waals surface area contributed by atoms with Gasteiger partial charge < -0.3 is 20.1 Å². The molecule has 2 N–H and O–H groups in total. The van der Waals surface area contributed by atoms with Gasteiger partial charge >= 0.3 is 0 Å². The van der Waals surface area contributed by atoms with E-state index in [1.165, 1.54) is 0 Å². The highest BCUT2D eigenvalue weighted by atomic mass is 16.5. The number of anilines is 1. The summed E-state index contributed by atoms with van der Waals surface area (Å²) in [6, 6.07) is 11.4. The summed E-state index contributed by atoms with van der Waals surface area (Å²) in [4.78, 5) is 6.41. The summed E-state index contributed by atoms with van der Waals surface area (Å²) in [5.74, 6) is 1.97. The minimum Gasteiger partial charge on any atom is -0.490 e. The van der Waals surface area contributed by atoms with Gasteiger partial charge in [-0.2, -0.15) is 0 Å². The van der Waals surface area contributed by atoms with Gasteiger partial charge in [-0.3, -0.25) is 0 Å². The zero-order chi connectivity index (χ0) is 15.9. The van der Waals surface area contributed by atoms with E-state index in [4.69, 9.17) is 15.2 Å². The Morgan fingerprint density at radius 1 is 1.09 bits per heavy atom. The largest absolute Gasteiger partial charge is 0.490 e. The summed E-state index contributed by atoms with van der Waals surface area (Å²) in [7, 11) is 4.03. The Morgan fingerprint density at radius 3 is 2.59 bits per heavy atom. The van der Waals surface area contributed by atoms with Crippen LogP contribution in [0.15, 0.2) is 36.4 Å². The molecule has 5 nitrogen and oxygen atoms in total. The van der Waals surface area contributed by atoms with Crippen LogP contribution in [0.2, 0.25) is 0 Å². The highest BCUT2D eigenvalue weighted by molar-refractivity contribution is 5.65. The van der Waals surface area contributed by atoms with Crippen molar-refractivity contribution in [3.63, 3.8) is 0 Å². The monoisotopic (exact) mass is 301 g/mol. The number of hydrogen-bond donors (Lipinski definition) is 1. The molecule has 22 heavy (non-hydrogen) atoms. The maximum absolute atomic E-state index is 5.80. The number of hydrogen-bond acceptors (Lipinski definition) is 5. The molecule has 0 radical (unpaired) electrons. The fourth-order valence-electron chi connectivity index (χ4n) is 2.01. The SMILES string of the molecule is CCOc1cc(-c2cccc(N)n2)ccc1OCCN(C)C. The molecule has 0 amide bonds. The normalized spacial score (nSPS) is 10.7. The molecule has 2 aromatic rings. The minimum absolute atomic E-state index is 0.502. The molecule has 0 fully saturated rings. The smallest absolute Gasteiger partial charge is 0.161 e. The first-order valence-electron chi connectivity index (χ1n) is 7.37. The van der Waals surface area contributed by atoms with Crippen LogP contribution in [0.4, 0.5) is 5.82 Å². The second kappa shape index (κ2) is 7.66. The van der Waals surface area contributed by atoms with E-state index < -0.39 is 0 Å². The molecule has 118 valence electrons. The van der Waals surface area contributed by atoms with Crippen molar-refractivity contribution in [2.45, 2.75) is 6.92 Å². The van der Waals surface area contributed by atoms with Crippen molar-refractivity contribution in [1.82, 2.24) is 9.88 Å². The van der Waals surface area contributed by atoms with E-state index in [2.05, 4.69) is 9.88 Å². The molecule has 0 atom stereocenters. The highest BCUT2D eigenvalue weighted by Gasteiger charge is 2.09. The Balaban J connectivity index is 2.22. The molecular formula is C17H23N3O2. The van der Waals surface area contributed by atoms with Gasteiger partial charge in [-0.25, -0.2) is 4.98 Å². The van der Waals surface area contributed by atoms with Crippen LogP contribution >= 0.6 is 0 Å². The van der Waals surface area contributed by atoms with Crippen LogP contribution in [0.25, 0.3) is 11.3 Å². The lowest BCUT2D eigenvalue weighted by Gasteiger charge is -2.15. The average molecular weight is 301 g/mol. The molecule has 0 spiro atoms. The number of nitrogens with two attached hydrogens (primary N) is 1. The van der Waals surface area contributed by atoms with Crippen molar-refractivity contribution >= 4 is 5.82 Å². The van der Waals surface area contributed by atoms with E-state index in [-0.39, 0.29) is 0 Å². The molecule has 0 bridgehead atoms. The van der Waals surface area contributed by atoms with Gasteiger partial charge in [0.05, 0.1) is 12.3 Å². The van der Waals surface area contributed by atoms with Crippen molar-refractivity contribution in [2.24, 2.45) is 0 Å². The lowest BCUT2D eigenvalue weighted by Crippen LogP contribution is -2.19. The van der Waals surface area contributed by atoms with Crippen LogP contribution in [0.3, 0.4) is 0 Å². The quantitative estimate of drug-likeness (QED) is 0.852. The molecule has 1 aromatic carbocycles. The molecule has 0 aliphatic rings. The van der Waals surface area contributed by atoms with Gasteiger partial charge in [0, 0.05) is 12.1 Å². The maximum Gasteiger partial charge on any atom is 0.161 e. The number of nitrogen functional groups attached to an aromatic ring is 1. The fourth-order valence-corrected chi connectivity index (χ4v) is 2.01. The number of benzene rings is 1. The van der Waals surface area contributed by atoms with Gasteiger partial charge in [0.25, 0.3) is 0 Å². The average Bonchev–Trinajstić information content (AvgIpc) is 2.48. The summed E-state index contributed by atoms with van der Waals surface area (Å²) in [5.41, 5.74) is 7.52. The van der Waals surface area contributed by atoms with Gasteiger partial charge in [-0.1, -0.05) is 6.07 Å². The van der Waals surface area contributed by atoms with Crippen LogP contribution < -0.4 is 15.2 Å². The number of pyridine rings is 1. The summed E-state index contributed by atoms with van der Waals surface area (Å²) in [6.07, 6.45) is 0.